The topological polar surface area (TPSA) is 55.2 Å². The number of hydrogen-bond acceptors (Lipinski definition) is 4. The highest BCUT2D eigenvalue weighted by Gasteiger charge is 2.06. The first kappa shape index (κ1) is 12.2. The Balaban J connectivity index is 0.000000606. The average Bonchev–Trinajstić information content (AvgIpc) is 2.32. The molecule has 0 radical (unpaired) electrons. The average molecular weight is 220 g/mol. The van der Waals surface area contributed by atoms with Gasteiger partial charge in [-0.1, -0.05) is 13.8 Å². The molecule has 0 bridgehead atoms. The van der Waals surface area contributed by atoms with Crippen molar-refractivity contribution in [3.8, 4) is 11.5 Å². The first-order chi connectivity index (χ1) is 7.72. The Morgan fingerprint density at radius 1 is 1.19 bits per heavy atom. The van der Waals surface area contributed by atoms with Crippen LogP contribution in [0.1, 0.15) is 19.5 Å². The minimum atomic E-state index is 0.109. The highest BCUT2D eigenvalue weighted by molar-refractivity contribution is 5.84. The maximum atomic E-state index is 9.55. The van der Waals surface area contributed by atoms with Crippen molar-refractivity contribution in [1.82, 2.24) is 9.97 Å². The van der Waals surface area contributed by atoms with Gasteiger partial charge in [-0.15, -0.1) is 0 Å². The molecule has 1 aromatic carbocycles. The van der Waals surface area contributed by atoms with Crippen LogP contribution in [-0.2, 0) is 0 Å². The summed E-state index contributed by atoms with van der Waals surface area (Å²) < 4.78 is 4.98. The largest absolute Gasteiger partial charge is 0.504 e. The molecule has 1 aromatic heterocycles. The summed E-state index contributed by atoms with van der Waals surface area (Å²) in [6.07, 6.45) is 1.49. The van der Waals surface area contributed by atoms with Crippen molar-refractivity contribution >= 4 is 10.9 Å². The summed E-state index contributed by atoms with van der Waals surface area (Å²) in [5.41, 5.74) is 1.61. The maximum Gasteiger partial charge on any atom is 0.162 e. The lowest BCUT2D eigenvalue weighted by Crippen LogP contribution is -1.89. The molecule has 0 unspecified atom stereocenters. The molecule has 1 heterocycles. The van der Waals surface area contributed by atoms with Crippen LogP contribution in [0.5, 0.6) is 11.5 Å². The number of phenolic OH excluding ortho intramolecular Hbond substituents is 1. The number of ether oxygens (including phenoxy) is 1. The minimum Gasteiger partial charge on any atom is -0.504 e. The zero-order valence-electron chi connectivity index (χ0n) is 9.98. The van der Waals surface area contributed by atoms with E-state index >= 15 is 0 Å². The van der Waals surface area contributed by atoms with Gasteiger partial charge in [-0.25, -0.2) is 9.97 Å². The van der Waals surface area contributed by atoms with E-state index < -0.39 is 0 Å². The molecule has 0 amide bonds. The van der Waals surface area contributed by atoms with Crippen molar-refractivity contribution in [3.63, 3.8) is 0 Å². The van der Waals surface area contributed by atoms with Crippen molar-refractivity contribution < 1.29 is 9.84 Å². The van der Waals surface area contributed by atoms with E-state index in [9.17, 15) is 5.11 Å². The molecule has 0 saturated heterocycles. The molecule has 86 valence electrons. The number of phenols is 1. The van der Waals surface area contributed by atoms with Gasteiger partial charge in [-0.3, -0.25) is 0 Å². The highest BCUT2D eigenvalue weighted by atomic mass is 16.5. The first-order valence-corrected chi connectivity index (χ1v) is 5.20. The Kier molecular flexibility index (Phi) is 4.05. The molecule has 0 aliphatic carbocycles. The van der Waals surface area contributed by atoms with E-state index in [0.29, 0.717) is 5.75 Å². The Morgan fingerprint density at radius 3 is 2.50 bits per heavy atom. The van der Waals surface area contributed by atoms with Crippen LogP contribution in [0.4, 0.5) is 0 Å². The van der Waals surface area contributed by atoms with E-state index in [-0.39, 0.29) is 5.75 Å². The van der Waals surface area contributed by atoms with E-state index in [1.54, 1.807) is 12.1 Å². The summed E-state index contributed by atoms with van der Waals surface area (Å²) in [5.74, 6) is 0.536. The predicted octanol–water partition coefficient (Wildman–Crippen LogP) is 2.68. The third kappa shape index (κ3) is 2.21. The molecule has 16 heavy (non-hydrogen) atoms. The lowest BCUT2D eigenvalue weighted by molar-refractivity contribution is 0.374. The quantitative estimate of drug-likeness (QED) is 0.802. The second-order valence-corrected chi connectivity index (χ2v) is 3.00. The SMILES string of the molecule is CC.COc1cc2ncnc(C)c2cc1O. The van der Waals surface area contributed by atoms with Gasteiger partial charge in [0.1, 0.15) is 6.33 Å². The molecule has 4 heteroatoms. The monoisotopic (exact) mass is 220 g/mol. The van der Waals surface area contributed by atoms with Gasteiger partial charge in [0, 0.05) is 17.1 Å². The maximum absolute atomic E-state index is 9.55. The van der Waals surface area contributed by atoms with E-state index in [2.05, 4.69) is 9.97 Å². The molecular formula is C12H16N2O2. The number of benzene rings is 1. The van der Waals surface area contributed by atoms with Gasteiger partial charge in [0.25, 0.3) is 0 Å². The lowest BCUT2D eigenvalue weighted by Gasteiger charge is -2.05. The summed E-state index contributed by atoms with van der Waals surface area (Å²) in [6, 6.07) is 3.31. The molecule has 0 atom stereocenters. The van der Waals surface area contributed by atoms with Crippen LogP contribution in [-0.4, -0.2) is 22.2 Å². The van der Waals surface area contributed by atoms with Gasteiger partial charge in [-0.2, -0.15) is 0 Å². The summed E-state index contributed by atoms with van der Waals surface area (Å²) in [7, 11) is 1.51. The van der Waals surface area contributed by atoms with Crippen LogP contribution < -0.4 is 4.74 Å². The number of fused-ring (bicyclic) bond motifs is 1. The standard InChI is InChI=1S/C10H10N2O2.C2H6/c1-6-7-3-9(13)10(14-2)4-8(7)12-5-11-6;1-2/h3-5,13H,1-2H3;1-2H3. The number of nitrogens with zero attached hydrogens (tertiary/aromatic N) is 2. The van der Waals surface area contributed by atoms with Gasteiger partial charge >= 0.3 is 0 Å². The normalized spacial score (nSPS) is 9.50. The van der Waals surface area contributed by atoms with Crippen LogP contribution in [0, 0.1) is 6.92 Å². The van der Waals surface area contributed by atoms with Crippen molar-refractivity contribution in [2.24, 2.45) is 0 Å². The van der Waals surface area contributed by atoms with Gasteiger partial charge in [0.05, 0.1) is 12.6 Å². The van der Waals surface area contributed by atoms with Crippen LogP contribution in [0.15, 0.2) is 18.5 Å². The second kappa shape index (κ2) is 5.30. The fourth-order valence-corrected chi connectivity index (χ4v) is 1.36. The van der Waals surface area contributed by atoms with Gasteiger partial charge in [-0.05, 0) is 13.0 Å². The third-order valence-electron chi connectivity index (χ3n) is 2.14. The summed E-state index contributed by atoms with van der Waals surface area (Å²) in [5, 5.41) is 10.4. The summed E-state index contributed by atoms with van der Waals surface area (Å²) in [4.78, 5) is 8.13. The lowest BCUT2D eigenvalue weighted by atomic mass is 10.2. The molecule has 0 spiro atoms. The summed E-state index contributed by atoms with van der Waals surface area (Å²) in [6.45, 7) is 5.87. The van der Waals surface area contributed by atoms with Crippen LogP contribution >= 0.6 is 0 Å². The first-order valence-electron chi connectivity index (χ1n) is 5.20. The van der Waals surface area contributed by atoms with Gasteiger partial charge in [0.2, 0.25) is 0 Å². The number of rotatable bonds is 1. The molecule has 4 nitrogen and oxygen atoms in total. The number of methoxy groups -OCH3 is 1. The molecule has 0 fully saturated rings. The fraction of sp³-hybridized carbons (Fsp3) is 0.333. The van der Waals surface area contributed by atoms with Gasteiger partial charge < -0.3 is 9.84 Å². The van der Waals surface area contributed by atoms with Crippen molar-refractivity contribution in [2.75, 3.05) is 7.11 Å². The Morgan fingerprint density at radius 2 is 1.88 bits per heavy atom. The number of aryl methyl sites for hydroxylation is 1. The van der Waals surface area contributed by atoms with E-state index in [1.807, 2.05) is 20.8 Å². The number of hydrogen-bond donors (Lipinski definition) is 1. The minimum absolute atomic E-state index is 0.109. The summed E-state index contributed by atoms with van der Waals surface area (Å²) >= 11 is 0. The van der Waals surface area contributed by atoms with Crippen LogP contribution in [0.2, 0.25) is 0 Å². The van der Waals surface area contributed by atoms with Crippen LogP contribution in [0.25, 0.3) is 10.9 Å². The molecule has 0 saturated carbocycles. The number of aromatic nitrogens is 2. The van der Waals surface area contributed by atoms with Crippen molar-refractivity contribution in [2.45, 2.75) is 20.8 Å². The van der Waals surface area contributed by atoms with E-state index in [0.717, 1.165) is 16.6 Å². The Labute approximate surface area is 94.9 Å². The zero-order chi connectivity index (χ0) is 12.1. The fourth-order valence-electron chi connectivity index (χ4n) is 1.36. The van der Waals surface area contributed by atoms with Gasteiger partial charge in [0.15, 0.2) is 11.5 Å². The van der Waals surface area contributed by atoms with Crippen molar-refractivity contribution in [3.05, 3.63) is 24.2 Å². The van der Waals surface area contributed by atoms with Crippen LogP contribution in [0.3, 0.4) is 0 Å². The van der Waals surface area contributed by atoms with E-state index in [4.69, 9.17) is 4.74 Å². The predicted molar refractivity (Wildman–Crippen MR) is 63.8 cm³/mol. The molecule has 0 aliphatic heterocycles. The Bertz CT molecular complexity index is 484. The smallest absolute Gasteiger partial charge is 0.162 e. The zero-order valence-corrected chi connectivity index (χ0v) is 9.98. The third-order valence-corrected chi connectivity index (χ3v) is 2.14. The molecule has 2 aromatic rings. The molecule has 0 aliphatic rings. The molecule has 1 N–H and O–H groups in total. The Hall–Kier alpha value is -1.84. The van der Waals surface area contributed by atoms with E-state index in [1.165, 1.54) is 13.4 Å². The molecular weight excluding hydrogens is 204 g/mol. The highest BCUT2D eigenvalue weighted by Crippen LogP contribution is 2.30. The molecule has 2 rings (SSSR count). The van der Waals surface area contributed by atoms with Crippen molar-refractivity contribution in [1.29, 1.82) is 0 Å². The number of aromatic hydroxyl groups is 1. The second-order valence-electron chi connectivity index (χ2n) is 3.00.